The third-order valence-corrected chi connectivity index (χ3v) is 3.71. The first-order chi connectivity index (χ1) is 8.97. The van der Waals surface area contributed by atoms with Crippen molar-refractivity contribution in [3.63, 3.8) is 0 Å². The van der Waals surface area contributed by atoms with Gasteiger partial charge >= 0.3 is 5.82 Å². The van der Waals surface area contributed by atoms with E-state index in [-0.39, 0.29) is 36.2 Å². The molecule has 0 aromatic carbocycles. The molecule has 8 nitrogen and oxygen atoms in total. The first kappa shape index (κ1) is 15.4. The Morgan fingerprint density at radius 1 is 1.74 bits per heavy atom. The summed E-state index contributed by atoms with van der Waals surface area (Å²) in [5, 5.41) is 25.8. The number of aromatic nitrogens is 2. The maximum atomic E-state index is 11.7. The van der Waals surface area contributed by atoms with Crippen LogP contribution < -0.4 is 5.32 Å². The molecule has 1 heterocycles. The van der Waals surface area contributed by atoms with Crippen LogP contribution in [0.15, 0.2) is 12.3 Å². The maximum absolute atomic E-state index is 11.7. The summed E-state index contributed by atoms with van der Waals surface area (Å²) in [5.41, 5.74) is 0. The molecule has 19 heavy (non-hydrogen) atoms. The Labute approximate surface area is 114 Å². The van der Waals surface area contributed by atoms with Crippen molar-refractivity contribution in [1.82, 2.24) is 15.1 Å². The topological polar surface area (TPSA) is 110 Å². The molecule has 106 valence electrons. The summed E-state index contributed by atoms with van der Waals surface area (Å²) in [6.45, 7) is 1.67. The third kappa shape index (κ3) is 4.52. The normalized spacial score (nSPS) is 13.8. The van der Waals surface area contributed by atoms with Crippen LogP contribution in [-0.2, 0) is 11.3 Å². The molecule has 0 spiro atoms. The maximum Gasteiger partial charge on any atom is 0.389 e. The number of aliphatic hydroxyl groups is 1. The molecule has 0 bridgehead atoms. The van der Waals surface area contributed by atoms with Gasteiger partial charge in [0.25, 0.3) is 0 Å². The summed E-state index contributed by atoms with van der Waals surface area (Å²) in [6, 6.07) is 1.04. The number of nitro groups is 1. The molecular formula is C10H16N4O4S. The fraction of sp³-hybridized carbons (Fsp3) is 0.600. The summed E-state index contributed by atoms with van der Waals surface area (Å²) in [5.74, 6) is -0.601. The van der Waals surface area contributed by atoms with E-state index in [0.29, 0.717) is 0 Å². The number of nitrogens with one attached hydrogen (secondary N) is 1. The number of hydrogen-bond acceptors (Lipinski definition) is 6. The highest BCUT2D eigenvalue weighted by Gasteiger charge is 2.19. The predicted octanol–water partition coefficient (Wildman–Crippen LogP) is 0.0199. The zero-order valence-electron chi connectivity index (χ0n) is 10.6. The number of aliphatic hydroxyl groups excluding tert-OH is 1. The van der Waals surface area contributed by atoms with Gasteiger partial charge in [-0.25, -0.2) is 0 Å². The molecule has 1 aromatic rings. The van der Waals surface area contributed by atoms with Crippen molar-refractivity contribution >= 4 is 23.5 Å². The Bertz CT molecular complexity index is 446. The van der Waals surface area contributed by atoms with E-state index >= 15 is 0 Å². The Kier molecular flexibility index (Phi) is 5.77. The van der Waals surface area contributed by atoms with Crippen LogP contribution >= 0.6 is 11.8 Å². The SMILES string of the molecule is CSC(CO)C(C)NC(=O)Cn1ccc([N+](=O)[O-])n1. The molecule has 2 N–H and O–H groups in total. The standard InChI is InChI=1S/C10H16N4O4S/c1-7(8(6-15)19-2)11-10(16)5-13-4-3-9(12-13)14(17)18/h3-4,7-8,15H,5-6H2,1-2H3,(H,11,16). The summed E-state index contributed by atoms with van der Waals surface area (Å²) in [6.07, 6.45) is 3.22. The predicted molar refractivity (Wildman–Crippen MR) is 70.9 cm³/mol. The quantitative estimate of drug-likeness (QED) is 0.540. The molecular weight excluding hydrogens is 272 g/mol. The zero-order chi connectivity index (χ0) is 14.4. The smallest absolute Gasteiger partial charge is 0.389 e. The molecule has 2 unspecified atom stereocenters. The first-order valence-corrected chi connectivity index (χ1v) is 6.87. The first-order valence-electron chi connectivity index (χ1n) is 5.58. The Morgan fingerprint density at radius 3 is 2.89 bits per heavy atom. The van der Waals surface area contributed by atoms with Crippen LogP contribution in [0.2, 0.25) is 0 Å². The van der Waals surface area contributed by atoms with E-state index in [4.69, 9.17) is 5.11 Å². The number of carbonyl (C=O) groups is 1. The van der Waals surface area contributed by atoms with E-state index in [1.54, 1.807) is 6.92 Å². The number of amides is 1. The summed E-state index contributed by atoms with van der Waals surface area (Å²) < 4.78 is 1.20. The number of carbonyl (C=O) groups excluding carboxylic acids is 1. The number of thioether (sulfide) groups is 1. The van der Waals surface area contributed by atoms with Crippen molar-refractivity contribution in [3.8, 4) is 0 Å². The van der Waals surface area contributed by atoms with Crippen LogP contribution in [-0.4, -0.2) is 49.9 Å². The van der Waals surface area contributed by atoms with E-state index in [2.05, 4.69) is 10.4 Å². The fourth-order valence-corrected chi connectivity index (χ4v) is 2.14. The molecule has 0 aliphatic carbocycles. The average molecular weight is 288 g/mol. The molecule has 1 amide bonds. The molecule has 0 aliphatic heterocycles. The van der Waals surface area contributed by atoms with Gasteiger partial charge in [-0.1, -0.05) is 0 Å². The second-order valence-corrected chi connectivity index (χ2v) is 5.02. The number of hydrogen-bond donors (Lipinski definition) is 2. The van der Waals surface area contributed by atoms with Gasteiger partial charge in [0, 0.05) is 11.3 Å². The lowest BCUT2D eigenvalue weighted by Gasteiger charge is -2.20. The number of rotatable bonds is 7. The summed E-state index contributed by atoms with van der Waals surface area (Å²) >= 11 is 1.46. The van der Waals surface area contributed by atoms with Crippen molar-refractivity contribution in [3.05, 3.63) is 22.4 Å². The summed E-state index contributed by atoms with van der Waals surface area (Å²) in [4.78, 5) is 21.5. The van der Waals surface area contributed by atoms with Crippen molar-refractivity contribution < 1.29 is 14.8 Å². The Morgan fingerprint density at radius 2 is 2.42 bits per heavy atom. The molecule has 0 saturated carbocycles. The second-order valence-electron chi connectivity index (χ2n) is 3.94. The summed E-state index contributed by atoms with van der Waals surface area (Å²) in [7, 11) is 0. The van der Waals surface area contributed by atoms with Crippen molar-refractivity contribution in [2.75, 3.05) is 12.9 Å². The molecule has 2 atom stereocenters. The van der Waals surface area contributed by atoms with E-state index in [0.717, 1.165) is 0 Å². The van der Waals surface area contributed by atoms with Gasteiger partial charge in [-0.2, -0.15) is 16.4 Å². The highest BCUT2D eigenvalue weighted by molar-refractivity contribution is 7.99. The van der Waals surface area contributed by atoms with E-state index in [1.165, 1.54) is 28.7 Å². The molecule has 1 aromatic heterocycles. The molecule has 0 fully saturated rings. The largest absolute Gasteiger partial charge is 0.395 e. The van der Waals surface area contributed by atoms with Gasteiger partial charge in [-0.3, -0.25) is 4.79 Å². The third-order valence-electron chi connectivity index (χ3n) is 2.55. The lowest BCUT2D eigenvalue weighted by Crippen LogP contribution is -2.42. The van der Waals surface area contributed by atoms with Crippen molar-refractivity contribution in [2.45, 2.75) is 24.8 Å². The molecule has 0 saturated heterocycles. The van der Waals surface area contributed by atoms with Crippen LogP contribution in [0.4, 0.5) is 5.82 Å². The average Bonchev–Trinajstić information content (AvgIpc) is 2.78. The minimum absolute atomic E-state index is 0.0319. The van der Waals surface area contributed by atoms with Gasteiger partial charge in [0.1, 0.15) is 6.54 Å². The van der Waals surface area contributed by atoms with E-state index in [1.807, 2.05) is 6.26 Å². The van der Waals surface area contributed by atoms with Gasteiger partial charge in [0.2, 0.25) is 5.91 Å². The Balaban J connectivity index is 2.52. The minimum atomic E-state index is -0.619. The van der Waals surface area contributed by atoms with Crippen LogP contribution in [0.3, 0.4) is 0 Å². The molecule has 9 heteroatoms. The molecule has 1 rings (SSSR count). The zero-order valence-corrected chi connectivity index (χ0v) is 11.5. The Hall–Kier alpha value is -1.61. The highest BCUT2D eigenvalue weighted by atomic mass is 32.2. The van der Waals surface area contributed by atoms with Crippen LogP contribution in [0.1, 0.15) is 6.92 Å². The fourth-order valence-electron chi connectivity index (χ4n) is 1.51. The van der Waals surface area contributed by atoms with Crippen molar-refractivity contribution in [1.29, 1.82) is 0 Å². The second kappa shape index (κ2) is 7.10. The van der Waals surface area contributed by atoms with E-state index in [9.17, 15) is 14.9 Å². The van der Waals surface area contributed by atoms with Crippen LogP contribution in [0.5, 0.6) is 0 Å². The van der Waals surface area contributed by atoms with Gasteiger partial charge in [0.05, 0.1) is 24.0 Å². The highest BCUT2D eigenvalue weighted by Crippen LogP contribution is 2.10. The van der Waals surface area contributed by atoms with Crippen LogP contribution in [0, 0.1) is 10.1 Å². The van der Waals surface area contributed by atoms with Gasteiger partial charge in [-0.15, -0.1) is 0 Å². The van der Waals surface area contributed by atoms with E-state index < -0.39 is 4.92 Å². The molecule has 0 radical (unpaired) electrons. The minimum Gasteiger partial charge on any atom is -0.395 e. The van der Waals surface area contributed by atoms with Crippen molar-refractivity contribution in [2.24, 2.45) is 0 Å². The van der Waals surface area contributed by atoms with Gasteiger partial charge < -0.3 is 20.5 Å². The van der Waals surface area contributed by atoms with Crippen LogP contribution in [0.25, 0.3) is 0 Å². The monoisotopic (exact) mass is 288 g/mol. The lowest BCUT2D eigenvalue weighted by atomic mass is 10.2. The van der Waals surface area contributed by atoms with Gasteiger partial charge in [-0.05, 0) is 18.1 Å². The molecule has 0 aliphatic rings. The number of nitrogens with zero attached hydrogens (tertiary/aromatic N) is 3. The van der Waals surface area contributed by atoms with Gasteiger partial charge in [0.15, 0.2) is 0 Å². The lowest BCUT2D eigenvalue weighted by molar-refractivity contribution is -0.389.